The highest BCUT2D eigenvalue weighted by Crippen LogP contribution is 2.44. The van der Waals surface area contributed by atoms with Crippen molar-refractivity contribution >= 4 is 11.8 Å². The van der Waals surface area contributed by atoms with E-state index in [0.717, 1.165) is 23.6 Å². The lowest BCUT2D eigenvalue weighted by Crippen LogP contribution is -2.46. The van der Waals surface area contributed by atoms with Crippen molar-refractivity contribution < 1.29 is 14.3 Å². The topological polar surface area (TPSA) is 76.5 Å². The number of nitrogens with zero attached hydrogens (tertiary/aromatic N) is 3. The minimum atomic E-state index is -0.423. The number of likely N-dealkylation sites (tertiary alicyclic amines) is 1. The minimum Gasteiger partial charge on any atom is -0.487 e. The van der Waals surface area contributed by atoms with E-state index in [2.05, 4.69) is 10.3 Å². The third-order valence-electron chi connectivity index (χ3n) is 6.16. The summed E-state index contributed by atoms with van der Waals surface area (Å²) in [5.74, 6) is 1.88. The van der Waals surface area contributed by atoms with Crippen LogP contribution in [-0.2, 0) is 16.1 Å². The van der Waals surface area contributed by atoms with Crippen LogP contribution in [-0.4, -0.2) is 45.5 Å². The fourth-order valence-corrected chi connectivity index (χ4v) is 4.33. The van der Waals surface area contributed by atoms with Crippen LogP contribution in [0.25, 0.3) is 0 Å². The summed E-state index contributed by atoms with van der Waals surface area (Å²) in [5, 5.41) is 3.22. The monoisotopic (exact) mass is 396 g/mol. The lowest BCUT2D eigenvalue weighted by Gasteiger charge is -2.42. The van der Waals surface area contributed by atoms with Crippen molar-refractivity contribution in [3.05, 3.63) is 48.0 Å². The second kappa shape index (κ2) is 7.89. The summed E-state index contributed by atoms with van der Waals surface area (Å²) in [4.78, 5) is 30.9. The van der Waals surface area contributed by atoms with Gasteiger partial charge in [0.1, 0.15) is 17.2 Å². The molecule has 2 amide bonds. The Balaban J connectivity index is 1.50. The van der Waals surface area contributed by atoms with E-state index in [-0.39, 0.29) is 17.9 Å². The number of para-hydroxylation sites is 1. The SMILES string of the molecule is Cc1nccn1CCC(=O)N[C@@H]1C[C@@]2(CCC(=O)N(C)CC2)Oc2ccccc21. The quantitative estimate of drug-likeness (QED) is 0.862. The van der Waals surface area contributed by atoms with Crippen LogP contribution in [0.4, 0.5) is 0 Å². The van der Waals surface area contributed by atoms with Crippen LogP contribution in [0.2, 0.25) is 0 Å². The first kappa shape index (κ1) is 19.5. The molecule has 154 valence electrons. The molecule has 0 unspecified atom stereocenters. The third kappa shape index (κ3) is 4.13. The molecule has 2 aliphatic rings. The summed E-state index contributed by atoms with van der Waals surface area (Å²) in [6.07, 6.45) is 6.62. The molecule has 4 rings (SSSR count). The molecule has 1 aromatic carbocycles. The van der Waals surface area contributed by atoms with Gasteiger partial charge in [-0.25, -0.2) is 4.98 Å². The number of benzene rings is 1. The van der Waals surface area contributed by atoms with Gasteiger partial charge in [-0.2, -0.15) is 0 Å². The average molecular weight is 396 g/mol. The van der Waals surface area contributed by atoms with E-state index in [1.807, 2.05) is 49.0 Å². The highest BCUT2D eigenvalue weighted by Gasteiger charge is 2.43. The van der Waals surface area contributed by atoms with Gasteiger partial charge in [-0.3, -0.25) is 9.59 Å². The third-order valence-corrected chi connectivity index (χ3v) is 6.16. The molecule has 0 radical (unpaired) electrons. The number of nitrogens with one attached hydrogen (secondary N) is 1. The van der Waals surface area contributed by atoms with Crippen molar-refractivity contribution in [2.75, 3.05) is 13.6 Å². The number of hydrogen-bond acceptors (Lipinski definition) is 4. The van der Waals surface area contributed by atoms with Crippen molar-refractivity contribution in [3.63, 3.8) is 0 Å². The standard InChI is InChI=1S/C22H28N4O3/c1-16-23-11-14-26(16)12-8-20(27)24-18-15-22(9-7-21(28)25(2)13-10-22)29-19-6-4-3-5-17(18)19/h3-6,11,14,18H,7-10,12-13,15H2,1-2H3,(H,24,27)/t18-,22+/m1/s1. The highest BCUT2D eigenvalue weighted by atomic mass is 16.5. The Morgan fingerprint density at radius 3 is 2.97 bits per heavy atom. The van der Waals surface area contributed by atoms with E-state index in [1.165, 1.54) is 0 Å². The number of rotatable bonds is 4. The fraction of sp³-hybridized carbons (Fsp3) is 0.500. The van der Waals surface area contributed by atoms with E-state index >= 15 is 0 Å². The van der Waals surface area contributed by atoms with Gasteiger partial charge in [0, 0.05) is 63.8 Å². The van der Waals surface area contributed by atoms with Crippen LogP contribution in [0.1, 0.15) is 49.5 Å². The first-order valence-corrected chi connectivity index (χ1v) is 10.2. The summed E-state index contributed by atoms with van der Waals surface area (Å²) in [6, 6.07) is 7.78. The van der Waals surface area contributed by atoms with Gasteiger partial charge >= 0.3 is 0 Å². The number of ether oxygens (including phenoxy) is 1. The maximum atomic E-state index is 12.7. The number of aryl methyl sites for hydroxylation is 2. The van der Waals surface area contributed by atoms with Gasteiger partial charge in [0.2, 0.25) is 11.8 Å². The normalized spacial score (nSPS) is 24.0. The molecule has 7 nitrogen and oxygen atoms in total. The molecular weight excluding hydrogens is 368 g/mol. The average Bonchev–Trinajstić information content (AvgIpc) is 3.08. The molecule has 7 heteroatoms. The van der Waals surface area contributed by atoms with E-state index in [0.29, 0.717) is 38.8 Å². The maximum Gasteiger partial charge on any atom is 0.222 e. The molecule has 3 heterocycles. The second-order valence-corrected chi connectivity index (χ2v) is 8.13. The Labute approximate surface area is 171 Å². The number of aromatic nitrogens is 2. The molecule has 1 saturated heterocycles. The van der Waals surface area contributed by atoms with Gasteiger partial charge in [0.05, 0.1) is 6.04 Å². The van der Waals surface area contributed by atoms with E-state index in [4.69, 9.17) is 4.74 Å². The fourth-order valence-electron chi connectivity index (χ4n) is 4.33. The van der Waals surface area contributed by atoms with Gasteiger partial charge in [0.15, 0.2) is 0 Å². The van der Waals surface area contributed by atoms with Crippen molar-refractivity contribution in [1.29, 1.82) is 0 Å². The zero-order chi connectivity index (χ0) is 20.4. The number of carbonyl (C=O) groups is 2. The molecule has 0 aliphatic carbocycles. The van der Waals surface area contributed by atoms with Gasteiger partial charge in [-0.15, -0.1) is 0 Å². The van der Waals surface area contributed by atoms with E-state index < -0.39 is 5.60 Å². The first-order chi connectivity index (χ1) is 14.0. The molecule has 1 spiro atoms. The lowest BCUT2D eigenvalue weighted by molar-refractivity contribution is -0.129. The molecule has 1 N–H and O–H groups in total. The van der Waals surface area contributed by atoms with Crippen molar-refractivity contribution in [1.82, 2.24) is 19.8 Å². The zero-order valence-corrected chi connectivity index (χ0v) is 17.1. The Morgan fingerprint density at radius 2 is 2.17 bits per heavy atom. The smallest absolute Gasteiger partial charge is 0.222 e. The zero-order valence-electron chi connectivity index (χ0n) is 17.1. The molecular formula is C22H28N4O3. The van der Waals surface area contributed by atoms with Gasteiger partial charge in [-0.05, 0) is 19.4 Å². The Hall–Kier alpha value is -2.83. The Kier molecular flexibility index (Phi) is 5.30. The second-order valence-electron chi connectivity index (χ2n) is 8.13. The van der Waals surface area contributed by atoms with Crippen molar-refractivity contribution in [2.24, 2.45) is 0 Å². The van der Waals surface area contributed by atoms with Crippen LogP contribution < -0.4 is 10.1 Å². The molecule has 0 saturated carbocycles. The van der Waals surface area contributed by atoms with Crippen LogP contribution in [0.3, 0.4) is 0 Å². The summed E-state index contributed by atoms with van der Waals surface area (Å²) < 4.78 is 8.42. The summed E-state index contributed by atoms with van der Waals surface area (Å²) in [5.41, 5.74) is 0.586. The molecule has 2 aromatic rings. The maximum absolute atomic E-state index is 12.7. The number of fused-ring (bicyclic) bond motifs is 1. The molecule has 29 heavy (non-hydrogen) atoms. The first-order valence-electron chi connectivity index (χ1n) is 10.2. The summed E-state index contributed by atoms with van der Waals surface area (Å²) in [7, 11) is 1.84. The number of hydrogen-bond donors (Lipinski definition) is 1. The van der Waals surface area contributed by atoms with Crippen LogP contribution in [0.15, 0.2) is 36.7 Å². The minimum absolute atomic E-state index is 0.0109. The van der Waals surface area contributed by atoms with Gasteiger partial charge in [-0.1, -0.05) is 18.2 Å². The van der Waals surface area contributed by atoms with Crippen LogP contribution in [0, 0.1) is 6.92 Å². The Bertz CT molecular complexity index is 909. The molecule has 1 fully saturated rings. The molecule has 2 aliphatic heterocycles. The molecule has 2 atom stereocenters. The summed E-state index contributed by atoms with van der Waals surface area (Å²) in [6.45, 7) is 3.20. The molecule has 0 bridgehead atoms. The van der Waals surface area contributed by atoms with Crippen molar-refractivity contribution in [2.45, 2.75) is 57.2 Å². The molecule has 1 aromatic heterocycles. The lowest BCUT2D eigenvalue weighted by atomic mass is 9.82. The van der Waals surface area contributed by atoms with E-state index in [1.54, 1.807) is 11.1 Å². The van der Waals surface area contributed by atoms with Gasteiger partial charge < -0.3 is 19.5 Å². The van der Waals surface area contributed by atoms with Crippen molar-refractivity contribution in [3.8, 4) is 5.75 Å². The number of amides is 2. The largest absolute Gasteiger partial charge is 0.487 e. The van der Waals surface area contributed by atoms with E-state index in [9.17, 15) is 9.59 Å². The predicted molar refractivity (Wildman–Crippen MR) is 108 cm³/mol. The Morgan fingerprint density at radius 1 is 1.34 bits per heavy atom. The highest BCUT2D eigenvalue weighted by molar-refractivity contribution is 5.77. The van der Waals surface area contributed by atoms with Crippen LogP contribution >= 0.6 is 0 Å². The van der Waals surface area contributed by atoms with Crippen LogP contribution in [0.5, 0.6) is 5.75 Å². The summed E-state index contributed by atoms with van der Waals surface area (Å²) >= 11 is 0. The number of imidazole rings is 1. The predicted octanol–water partition coefficient (Wildman–Crippen LogP) is 2.60. The van der Waals surface area contributed by atoms with Gasteiger partial charge in [0.25, 0.3) is 0 Å². The number of carbonyl (C=O) groups excluding carboxylic acids is 2.